The number of nitrogens with one attached hydrogen (secondary N) is 1. The number of para-hydroxylation sites is 1. The second kappa shape index (κ2) is 6.60. The molecule has 1 atom stereocenters. The van der Waals surface area contributed by atoms with Crippen LogP contribution in [0.25, 0.3) is 0 Å². The zero-order valence-electron chi connectivity index (χ0n) is 12.9. The van der Waals surface area contributed by atoms with Crippen LogP contribution >= 0.6 is 11.8 Å². The highest BCUT2D eigenvalue weighted by molar-refractivity contribution is 7.99. The number of hydrogen-bond donors (Lipinski definition) is 1. The minimum atomic E-state index is -0.547. The van der Waals surface area contributed by atoms with E-state index in [1.54, 1.807) is 36.9 Å². The molecule has 2 aromatic rings. The monoisotopic (exact) mass is 346 g/mol. The predicted octanol–water partition coefficient (Wildman–Crippen LogP) is 4.01. The van der Waals surface area contributed by atoms with Gasteiger partial charge in [-0.2, -0.15) is 0 Å². The first-order chi connectivity index (χ1) is 11.5. The number of rotatable bonds is 3. The zero-order valence-corrected chi connectivity index (χ0v) is 13.7. The smallest absolute Gasteiger partial charge is 0.285 e. The van der Waals surface area contributed by atoms with Crippen molar-refractivity contribution in [3.05, 3.63) is 69.0 Å². The first-order valence-electron chi connectivity index (χ1n) is 7.44. The molecule has 7 heteroatoms. The molecule has 0 spiro atoms. The van der Waals surface area contributed by atoms with Crippen LogP contribution < -0.4 is 5.32 Å². The minimum absolute atomic E-state index is 0.0242. The van der Waals surface area contributed by atoms with Crippen LogP contribution in [0.2, 0.25) is 0 Å². The SMILES string of the molecule is Cc1cccc(C(=O)N[C@@H]2CCSc3ccc(F)cc32)c1[N+](=O)[O-]. The summed E-state index contributed by atoms with van der Waals surface area (Å²) in [5.41, 5.74) is 0.976. The van der Waals surface area contributed by atoms with Gasteiger partial charge in [0.2, 0.25) is 0 Å². The number of carbonyl (C=O) groups is 1. The van der Waals surface area contributed by atoms with Crippen molar-refractivity contribution in [1.29, 1.82) is 0 Å². The van der Waals surface area contributed by atoms with Crippen molar-refractivity contribution in [3.8, 4) is 0 Å². The Labute approximate surface area is 142 Å². The van der Waals surface area contributed by atoms with Gasteiger partial charge in [-0.25, -0.2) is 4.39 Å². The van der Waals surface area contributed by atoms with Crippen molar-refractivity contribution < 1.29 is 14.1 Å². The van der Waals surface area contributed by atoms with Gasteiger partial charge in [-0.3, -0.25) is 14.9 Å². The number of benzene rings is 2. The summed E-state index contributed by atoms with van der Waals surface area (Å²) in [7, 11) is 0. The third-order valence-corrected chi connectivity index (χ3v) is 5.10. The Bertz CT molecular complexity index is 825. The largest absolute Gasteiger partial charge is 0.345 e. The van der Waals surface area contributed by atoms with Gasteiger partial charge in [0.25, 0.3) is 11.6 Å². The van der Waals surface area contributed by atoms with Crippen molar-refractivity contribution >= 4 is 23.4 Å². The quantitative estimate of drug-likeness (QED) is 0.673. The van der Waals surface area contributed by atoms with Crippen molar-refractivity contribution in [1.82, 2.24) is 5.32 Å². The van der Waals surface area contributed by atoms with E-state index in [1.807, 2.05) is 0 Å². The maximum absolute atomic E-state index is 13.5. The lowest BCUT2D eigenvalue weighted by molar-refractivity contribution is -0.385. The van der Waals surface area contributed by atoms with Crippen molar-refractivity contribution in [2.45, 2.75) is 24.3 Å². The third kappa shape index (κ3) is 3.12. The van der Waals surface area contributed by atoms with E-state index in [9.17, 15) is 19.3 Å². The lowest BCUT2D eigenvalue weighted by Gasteiger charge is -2.26. The van der Waals surface area contributed by atoms with Crippen LogP contribution in [-0.2, 0) is 0 Å². The molecule has 1 heterocycles. The number of thioether (sulfide) groups is 1. The summed E-state index contributed by atoms with van der Waals surface area (Å²) < 4.78 is 13.5. The summed E-state index contributed by atoms with van der Waals surface area (Å²) in [6.07, 6.45) is 0.645. The zero-order chi connectivity index (χ0) is 17.3. The molecule has 24 heavy (non-hydrogen) atoms. The van der Waals surface area contributed by atoms with Crippen LogP contribution in [0.1, 0.15) is 33.9 Å². The van der Waals surface area contributed by atoms with Gasteiger partial charge in [-0.1, -0.05) is 12.1 Å². The maximum Gasteiger partial charge on any atom is 0.285 e. The Morgan fingerprint density at radius 1 is 1.38 bits per heavy atom. The van der Waals surface area contributed by atoms with Gasteiger partial charge in [0.1, 0.15) is 11.4 Å². The fraction of sp³-hybridized carbons (Fsp3) is 0.235. The summed E-state index contributed by atoms with van der Waals surface area (Å²) >= 11 is 1.61. The van der Waals surface area contributed by atoms with E-state index in [4.69, 9.17) is 0 Å². The molecule has 0 unspecified atom stereocenters. The number of hydrogen-bond acceptors (Lipinski definition) is 4. The molecule has 124 valence electrons. The Balaban J connectivity index is 1.91. The van der Waals surface area contributed by atoms with Crippen LogP contribution in [-0.4, -0.2) is 16.6 Å². The molecule has 0 saturated carbocycles. The van der Waals surface area contributed by atoms with Gasteiger partial charge >= 0.3 is 0 Å². The van der Waals surface area contributed by atoms with Crippen LogP contribution in [0.4, 0.5) is 10.1 Å². The first-order valence-corrected chi connectivity index (χ1v) is 8.43. The lowest BCUT2D eigenvalue weighted by Crippen LogP contribution is -2.31. The molecular formula is C17H15FN2O3S. The number of nitro groups is 1. The average molecular weight is 346 g/mol. The Morgan fingerprint density at radius 2 is 2.17 bits per heavy atom. The van der Waals surface area contributed by atoms with Crippen LogP contribution in [0.5, 0.6) is 0 Å². The van der Waals surface area contributed by atoms with E-state index in [0.717, 1.165) is 16.2 Å². The fourth-order valence-electron chi connectivity index (χ4n) is 2.84. The van der Waals surface area contributed by atoms with Gasteiger partial charge in [0, 0.05) is 16.2 Å². The van der Waals surface area contributed by atoms with E-state index < -0.39 is 10.8 Å². The molecule has 0 aliphatic carbocycles. The molecule has 1 aliphatic heterocycles. The third-order valence-electron chi connectivity index (χ3n) is 3.98. The molecule has 0 saturated heterocycles. The lowest BCUT2D eigenvalue weighted by atomic mass is 10.0. The van der Waals surface area contributed by atoms with E-state index in [0.29, 0.717) is 12.0 Å². The van der Waals surface area contributed by atoms with Gasteiger partial charge in [0.15, 0.2) is 0 Å². The summed E-state index contributed by atoms with van der Waals surface area (Å²) in [5, 5.41) is 14.1. The maximum atomic E-state index is 13.5. The Hall–Kier alpha value is -2.41. The molecular weight excluding hydrogens is 331 g/mol. The van der Waals surface area contributed by atoms with E-state index >= 15 is 0 Å². The number of fused-ring (bicyclic) bond motifs is 1. The highest BCUT2D eigenvalue weighted by Crippen LogP contribution is 2.37. The molecule has 2 aromatic carbocycles. The van der Waals surface area contributed by atoms with Crippen LogP contribution in [0, 0.1) is 22.9 Å². The van der Waals surface area contributed by atoms with Gasteiger partial charge < -0.3 is 5.32 Å². The summed E-state index contributed by atoms with van der Waals surface area (Å²) in [5.74, 6) is -0.0889. The molecule has 1 aliphatic rings. The van der Waals surface area contributed by atoms with Crippen LogP contribution in [0.15, 0.2) is 41.3 Å². The fourth-order valence-corrected chi connectivity index (χ4v) is 3.94. The molecule has 1 N–H and O–H groups in total. The van der Waals surface area contributed by atoms with E-state index in [-0.39, 0.29) is 23.1 Å². The standard InChI is InChI=1S/C17H15FN2O3S/c1-10-3-2-4-12(16(10)20(22)23)17(21)19-14-7-8-24-15-6-5-11(18)9-13(14)15/h2-6,9,14H,7-8H2,1H3,(H,19,21)/t14-/m1/s1. The number of nitro benzene ring substituents is 1. The van der Waals surface area contributed by atoms with Crippen molar-refractivity contribution in [3.63, 3.8) is 0 Å². The van der Waals surface area contributed by atoms with Crippen LogP contribution in [0.3, 0.4) is 0 Å². The minimum Gasteiger partial charge on any atom is -0.345 e. The summed E-state index contributed by atoms with van der Waals surface area (Å²) in [4.78, 5) is 24.2. The van der Waals surface area contributed by atoms with Gasteiger partial charge in [-0.05, 0) is 43.2 Å². The number of aryl methyl sites for hydroxylation is 1. The topological polar surface area (TPSA) is 72.2 Å². The molecule has 0 radical (unpaired) electrons. The second-order valence-electron chi connectivity index (χ2n) is 5.57. The number of nitrogens with zero attached hydrogens (tertiary/aromatic N) is 1. The molecule has 3 rings (SSSR count). The number of halogens is 1. The Kier molecular flexibility index (Phi) is 4.53. The summed E-state index contributed by atoms with van der Waals surface area (Å²) in [6, 6.07) is 8.79. The first kappa shape index (κ1) is 16.4. The molecule has 1 amide bonds. The van der Waals surface area contributed by atoms with Gasteiger partial charge in [-0.15, -0.1) is 11.8 Å². The average Bonchev–Trinajstić information content (AvgIpc) is 2.54. The normalized spacial score (nSPS) is 16.3. The van der Waals surface area contributed by atoms with Crippen molar-refractivity contribution in [2.24, 2.45) is 0 Å². The van der Waals surface area contributed by atoms with Gasteiger partial charge in [0.05, 0.1) is 11.0 Å². The summed E-state index contributed by atoms with van der Waals surface area (Å²) in [6.45, 7) is 1.59. The highest BCUT2D eigenvalue weighted by atomic mass is 32.2. The second-order valence-corrected chi connectivity index (χ2v) is 6.71. The molecule has 0 aromatic heterocycles. The van der Waals surface area contributed by atoms with E-state index in [2.05, 4.69) is 5.32 Å². The molecule has 5 nitrogen and oxygen atoms in total. The number of amides is 1. The molecule has 0 fully saturated rings. The molecule has 0 bridgehead atoms. The predicted molar refractivity (Wildman–Crippen MR) is 89.8 cm³/mol. The van der Waals surface area contributed by atoms with Crippen molar-refractivity contribution in [2.75, 3.05) is 5.75 Å². The highest BCUT2D eigenvalue weighted by Gasteiger charge is 2.27. The number of carbonyl (C=O) groups excluding carboxylic acids is 1. The Morgan fingerprint density at radius 3 is 2.92 bits per heavy atom. The van der Waals surface area contributed by atoms with E-state index in [1.165, 1.54) is 18.2 Å².